The minimum atomic E-state index is -0.235. The van der Waals surface area contributed by atoms with Crippen molar-refractivity contribution in [2.75, 3.05) is 7.11 Å². The zero-order valence-corrected chi connectivity index (χ0v) is 16.6. The summed E-state index contributed by atoms with van der Waals surface area (Å²) in [7, 11) is 1.60. The van der Waals surface area contributed by atoms with Gasteiger partial charge >= 0.3 is 0 Å². The molecule has 5 nitrogen and oxygen atoms in total. The highest BCUT2D eigenvalue weighted by molar-refractivity contribution is 5.99. The lowest BCUT2D eigenvalue weighted by Gasteiger charge is -2.09. The van der Waals surface area contributed by atoms with E-state index in [1.165, 1.54) is 5.56 Å². The molecule has 0 radical (unpaired) electrons. The van der Waals surface area contributed by atoms with Gasteiger partial charge in [0.25, 0.3) is 11.8 Å². The Bertz CT molecular complexity index is 997. The number of aryl methyl sites for hydroxylation is 1. The SMILES string of the molecule is COc1cccc(CNC(=O)c2cccc(C(=O)NCc3ccc(C)cc3)c2)c1. The second kappa shape index (κ2) is 9.55. The lowest BCUT2D eigenvalue weighted by Crippen LogP contribution is -2.25. The molecule has 29 heavy (non-hydrogen) atoms. The molecule has 0 fully saturated rings. The molecule has 0 aliphatic heterocycles. The monoisotopic (exact) mass is 388 g/mol. The molecule has 0 unspecified atom stereocenters. The number of ether oxygens (including phenoxy) is 1. The lowest BCUT2D eigenvalue weighted by molar-refractivity contribution is 0.0950. The number of methoxy groups -OCH3 is 1. The fourth-order valence-corrected chi connectivity index (χ4v) is 2.86. The van der Waals surface area contributed by atoms with Crippen LogP contribution < -0.4 is 15.4 Å². The molecule has 0 atom stereocenters. The predicted octanol–water partition coefficient (Wildman–Crippen LogP) is 3.86. The summed E-state index contributed by atoms with van der Waals surface area (Å²) in [5.74, 6) is 0.290. The molecule has 2 amide bonds. The molecule has 0 aliphatic carbocycles. The Kier molecular flexibility index (Phi) is 6.63. The first-order valence-electron chi connectivity index (χ1n) is 9.40. The Morgan fingerprint density at radius 3 is 1.97 bits per heavy atom. The molecular formula is C24H24N2O3. The Morgan fingerprint density at radius 2 is 1.34 bits per heavy atom. The van der Waals surface area contributed by atoms with Crippen LogP contribution in [-0.4, -0.2) is 18.9 Å². The summed E-state index contributed by atoms with van der Waals surface area (Å²) in [5, 5.41) is 5.76. The van der Waals surface area contributed by atoms with Crippen LogP contribution in [-0.2, 0) is 13.1 Å². The van der Waals surface area contributed by atoms with Crippen LogP contribution in [0.1, 0.15) is 37.4 Å². The standard InChI is InChI=1S/C24H24N2O3/c1-17-9-11-18(12-10-17)15-25-23(27)20-6-4-7-21(14-20)24(28)26-16-19-5-3-8-22(13-19)29-2/h3-14H,15-16H2,1-2H3,(H,25,27)(H,26,28). The molecular weight excluding hydrogens is 364 g/mol. The molecule has 0 saturated carbocycles. The first-order chi connectivity index (χ1) is 14.0. The third kappa shape index (κ3) is 5.69. The molecule has 0 bridgehead atoms. The number of amides is 2. The van der Waals surface area contributed by atoms with E-state index in [2.05, 4.69) is 10.6 Å². The van der Waals surface area contributed by atoms with Gasteiger partial charge in [-0.1, -0.05) is 48.0 Å². The van der Waals surface area contributed by atoms with E-state index >= 15 is 0 Å². The topological polar surface area (TPSA) is 67.4 Å². The normalized spacial score (nSPS) is 10.3. The van der Waals surface area contributed by atoms with Crippen molar-refractivity contribution < 1.29 is 14.3 Å². The molecule has 0 spiro atoms. The maximum Gasteiger partial charge on any atom is 0.251 e. The van der Waals surface area contributed by atoms with Gasteiger partial charge in [0.2, 0.25) is 0 Å². The summed E-state index contributed by atoms with van der Waals surface area (Å²) in [4.78, 5) is 24.9. The van der Waals surface area contributed by atoms with E-state index in [0.717, 1.165) is 16.9 Å². The molecule has 3 aromatic carbocycles. The van der Waals surface area contributed by atoms with Gasteiger partial charge in [-0.05, 0) is 48.4 Å². The molecule has 0 aromatic heterocycles. The highest BCUT2D eigenvalue weighted by atomic mass is 16.5. The maximum absolute atomic E-state index is 12.5. The van der Waals surface area contributed by atoms with E-state index in [-0.39, 0.29) is 11.8 Å². The van der Waals surface area contributed by atoms with Crippen molar-refractivity contribution in [1.82, 2.24) is 10.6 Å². The quantitative estimate of drug-likeness (QED) is 0.646. The Labute approximate surface area is 170 Å². The number of nitrogens with one attached hydrogen (secondary N) is 2. The second-order valence-corrected chi connectivity index (χ2v) is 6.78. The maximum atomic E-state index is 12.5. The van der Waals surface area contributed by atoms with Crippen molar-refractivity contribution in [3.8, 4) is 5.75 Å². The van der Waals surface area contributed by atoms with Crippen LogP contribution in [0.2, 0.25) is 0 Å². The fourth-order valence-electron chi connectivity index (χ4n) is 2.86. The summed E-state index contributed by atoms with van der Waals surface area (Å²) >= 11 is 0. The Hall–Kier alpha value is -3.60. The van der Waals surface area contributed by atoms with Crippen molar-refractivity contribution in [1.29, 1.82) is 0 Å². The van der Waals surface area contributed by atoms with Crippen LogP contribution >= 0.6 is 0 Å². The molecule has 5 heteroatoms. The van der Waals surface area contributed by atoms with E-state index in [4.69, 9.17) is 4.74 Å². The van der Waals surface area contributed by atoms with Gasteiger partial charge in [-0.15, -0.1) is 0 Å². The number of carbonyl (C=O) groups excluding carboxylic acids is 2. The smallest absolute Gasteiger partial charge is 0.251 e. The second-order valence-electron chi connectivity index (χ2n) is 6.78. The Morgan fingerprint density at radius 1 is 0.759 bits per heavy atom. The number of benzene rings is 3. The zero-order chi connectivity index (χ0) is 20.6. The lowest BCUT2D eigenvalue weighted by atomic mass is 10.1. The molecule has 3 aromatic rings. The first kappa shape index (κ1) is 20.1. The van der Waals surface area contributed by atoms with E-state index in [1.807, 2.05) is 55.5 Å². The average Bonchev–Trinajstić information content (AvgIpc) is 2.77. The number of hydrogen-bond donors (Lipinski definition) is 2. The van der Waals surface area contributed by atoms with Gasteiger partial charge in [-0.25, -0.2) is 0 Å². The van der Waals surface area contributed by atoms with Crippen molar-refractivity contribution in [2.24, 2.45) is 0 Å². The highest BCUT2D eigenvalue weighted by Gasteiger charge is 2.10. The summed E-state index contributed by atoms with van der Waals surface area (Å²) in [6, 6.07) is 22.2. The third-order valence-electron chi connectivity index (χ3n) is 4.55. The van der Waals surface area contributed by atoms with Crippen LogP contribution in [0.4, 0.5) is 0 Å². The van der Waals surface area contributed by atoms with Gasteiger partial charge in [0.1, 0.15) is 5.75 Å². The van der Waals surface area contributed by atoms with Crippen LogP contribution in [0.15, 0.2) is 72.8 Å². The van der Waals surface area contributed by atoms with Crippen LogP contribution in [0.25, 0.3) is 0 Å². The number of rotatable bonds is 7. The number of hydrogen-bond acceptors (Lipinski definition) is 3. The molecule has 0 heterocycles. The van der Waals surface area contributed by atoms with E-state index < -0.39 is 0 Å². The minimum Gasteiger partial charge on any atom is -0.497 e. The summed E-state index contributed by atoms with van der Waals surface area (Å²) < 4.78 is 5.19. The van der Waals surface area contributed by atoms with Gasteiger partial charge in [0.05, 0.1) is 7.11 Å². The Balaban J connectivity index is 1.59. The minimum absolute atomic E-state index is 0.215. The average molecular weight is 388 g/mol. The van der Waals surface area contributed by atoms with Crippen LogP contribution in [0, 0.1) is 6.92 Å². The first-order valence-corrected chi connectivity index (χ1v) is 9.40. The summed E-state index contributed by atoms with van der Waals surface area (Å²) in [6.07, 6.45) is 0. The molecule has 3 rings (SSSR count). The molecule has 2 N–H and O–H groups in total. The van der Waals surface area contributed by atoms with E-state index in [1.54, 1.807) is 31.4 Å². The van der Waals surface area contributed by atoms with Crippen molar-refractivity contribution >= 4 is 11.8 Å². The predicted molar refractivity (Wildman–Crippen MR) is 113 cm³/mol. The van der Waals surface area contributed by atoms with Gasteiger partial charge in [0.15, 0.2) is 0 Å². The third-order valence-corrected chi connectivity index (χ3v) is 4.55. The molecule has 0 saturated heterocycles. The van der Waals surface area contributed by atoms with Gasteiger partial charge < -0.3 is 15.4 Å². The van der Waals surface area contributed by atoms with Crippen molar-refractivity contribution in [3.05, 3.63) is 101 Å². The van der Waals surface area contributed by atoms with E-state index in [0.29, 0.717) is 24.2 Å². The van der Waals surface area contributed by atoms with Crippen molar-refractivity contribution in [2.45, 2.75) is 20.0 Å². The van der Waals surface area contributed by atoms with Crippen molar-refractivity contribution in [3.63, 3.8) is 0 Å². The van der Waals surface area contributed by atoms with Gasteiger partial charge in [-0.2, -0.15) is 0 Å². The summed E-state index contributed by atoms with van der Waals surface area (Å²) in [6.45, 7) is 2.83. The van der Waals surface area contributed by atoms with Crippen LogP contribution in [0.5, 0.6) is 5.75 Å². The molecule has 148 valence electrons. The van der Waals surface area contributed by atoms with Gasteiger partial charge in [-0.3, -0.25) is 9.59 Å². The van der Waals surface area contributed by atoms with E-state index in [9.17, 15) is 9.59 Å². The zero-order valence-electron chi connectivity index (χ0n) is 16.6. The highest BCUT2D eigenvalue weighted by Crippen LogP contribution is 2.13. The fraction of sp³-hybridized carbons (Fsp3) is 0.167. The van der Waals surface area contributed by atoms with Crippen LogP contribution in [0.3, 0.4) is 0 Å². The largest absolute Gasteiger partial charge is 0.497 e. The molecule has 0 aliphatic rings. The number of carbonyl (C=O) groups is 2. The van der Waals surface area contributed by atoms with Gasteiger partial charge in [0, 0.05) is 24.2 Å². The summed E-state index contributed by atoms with van der Waals surface area (Å²) in [5.41, 5.74) is 4.02.